The molecular weight excluding hydrogens is 308 g/mol. The number of carboxylic acids is 1. The van der Waals surface area contributed by atoms with E-state index in [1.165, 1.54) is 5.57 Å². The van der Waals surface area contributed by atoms with Crippen LogP contribution in [0, 0.1) is 17.8 Å². The first-order valence-electron chi connectivity index (χ1n) is 9.45. The second-order valence-electron chi connectivity index (χ2n) is 7.53. The monoisotopic (exact) mass is 338 g/mol. The van der Waals surface area contributed by atoms with Crippen molar-refractivity contribution in [3.05, 3.63) is 11.6 Å². The molecule has 0 aromatic rings. The summed E-state index contributed by atoms with van der Waals surface area (Å²) in [5.41, 5.74) is 1.45. The van der Waals surface area contributed by atoms with Crippen molar-refractivity contribution in [3.63, 3.8) is 0 Å². The topological polar surface area (TPSA) is 76.0 Å². The molecule has 2 unspecified atom stereocenters. The molecule has 2 saturated carbocycles. The molecule has 5 atom stereocenters. The lowest BCUT2D eigenvalue weighted by molar-refractivity contribution is -0.198. The number of hydrogen-bond donors (Lipinski definition) is 2. The molecule has 1 aliphatic heterocycles. The van der Waals surface area contributed by atoms with E-state index in [1.807, 2.05) is 0 Å². The number of rotatable bonds is 7. The Morgan fingerprint density at radius 1 is 1.33 bits per heavy atom. The molecule has 0 spiro atoms. The minimum Gasteiger partial charge on any atom is -0.481 e. The lowest BCUT2D eigenvalue weighted by Crippen LogP contribution is -2.32. The quantitative estimate of drug-likeness (QED) is 0.551. The maximum absolute atomic E-state index is 10.6. The summed E-state index contributed by atoms with van der Waals surface area (Å²) in [5.74, 6) is 0.600. The maximum atomic E-state index is 10.6. The Morgan fingerprint density at radius 2 is 2.21 bits per heavy atom. The van der Waals surface area contributed by atoms with E-state index < -0.39 is 5.97 Å². The lowest BCUT2D eigenvalue weighted by atomic mass is 9.92. The average molecular weight is 338 g/mol. The average Bonchev–Trinajstić information content (AvgIpc) is 3.09. The van der Waals surface area contributed by atoms with Crippen molar-refractivity contribution in [2.45, 2.75) is 70.2 Å². The zero-order valence-corrected chi connectivity index (χ0v) is 14.4. The van der Waals surface area contributed by atoms with Crippen molar-refractivity contribution < 1.29 is 24.5 Å². The Labute approximate surface area is 144 Å². The first kappa shape index (κ1) is 17.9. The van der Waals surface area contributed by atoms with E-state index in [4.69, 9.17) is 14.6 Å². The Bertz CT molecular complexity index is 455. The number of hydrogen-bond acceptors (Lipinski definition) is 4. The fourth-order valence-electron chi connectivity index (χ4n) is 4.70. The van der Waals surface area contributed by atoms with Gasteiger partial charge >= 0.3 is 5.97 Å². The van der Waals surface area contributed by atoms with Crippen LogP contribution in [0.3, 0.4) is 0 Å². The molecular formula is C19H30O5. The smallest absolute Gasteiger partial charge is 0.303 e. The van der Waals surface area contributed by atoms with Crippen LogP contribution in [-0.2, 0) is 14.3 Å². The minimum atomic E-state index is -0.720. The molecule has 0 radical (unpaired) electrons. The molecule has 1 heterocycles. The molecule has 2 aliphatic carbocycles. The standard InChI is InChI=1S/C19H30O5/c20-12-16-15-10-13(5-1-2-6-18(21)22)9-14(15)11-17(16)24-19-7-3-4-8-23-19/h5,14-17,19-20H,1-4,6-12H2,(H,21,22)/b13-5+/t14-,15-,16+,17?,19?/m0/s1. The number of carboxylic acid groups (broad SMARTS) is 1. The van der Waals surface area contributed by atoms with Crippen molar-refractivity contribution >= 4 is 5.97 Å². The number of fused-ring (bicyclic) bond motifs is 1. The van der Waals surface area contributed by atoms with Crippen LogP contribution in [0.2, 0.25) is 0 Å². The summed E-state index contributed by atoms with van der Waals surface area (Å²) >= 11 is 0. The predicted octanol–water partition coefficient (Wildman–Crippen LogP) is 3.12. The van der Waals surface area contributed by atoms with Crippen molar-refractivity contribution in [2.24, 2.45) is 17.8 Å². The summed E-state index contributed by atoms with van der Waals surface area (Å²) in [6.07, 6.45) is 10.5. The number of ether oxygens (including phenoxy) is 2. The SMILES string of the molecule is O=C(O)CCC/C=C1\C[C@H]2CC(OC3CCCCO3)[C@H](CO)[C@H]2C1. The molecule has 2 N–H and O–H groups in total. The third-order valence-corrected chi connectivity index (χ3v) is 5.89. The molecule has 1 saturated heterocycles. The molecule has 0 bridgehead atoms. The van der Waals surface area contributed by atoms with Crippen molar-refractivity contribution in [1.29, 1.82) is 0 Å². The van der Waals surface area contributed by atoms with Gasteiger partial charge in [-0.15, -0.1) is 0 Å². The first-order valence-corrected chi connectivity index (χ1v) is 9.45. The molecule has 0 aromatic heterocycles. The Morgan fingerprint density at radius 3 is 2.92 bits per heavy atom. The third-order valence-electron chi connectivity index (χ3n) is 5.89. The molecule has 0 amide bonds. The fraction of sp³-hybridized carbons (Fsp3) is 0.842. The van der Waals surface area contributed by atoms with E-state index in [0.717, 1.165) is 51.6 Å². The van der Waals surface area contributed by atoms with Gasteiger partial charge in [0.2, 0.25) is 0 Å². The van der Waals surface area contributed by atoms with E-state index in [1.54, 1.807) is 0 Å². The Balaban J connectivity index is 1.49. The molecule has 3 aliphatic rings. The van der Waals surface area contributed by atoms with E-state index >= 15 is 0 Å². The predicted molar refractivity (Wildman–Crippen MR) is 89.4 cm³/mol. The van der Waals surface area contributed by atoms with Crippen molar-refractivity contribution in [1.82, 2.24) is 0 Å². The number of allylic oxidation sites excluding steroid dienone is 2. The van der Waals surface area contributed by atoms with Gasteiger partial charge in [-0.1, -0.05) is 11.6 Å². The van der Waals surface area contributed by atoms with E-state index in [-0.39, 0.29) is 31.3 Å². The van der Waals surface area contributed by atoms with Crippen LogP contribution < -0.4 is 0 Å². The molecule has 3 fully saturated rings. The van der Waals surface area contributed by atoms with Crippen LogP contribution in [0.1, 0.15) is 57.8 Å². The summed E-state index contributed by atoms with van der Waals surface area (Å²) in [4.78, 5) is 10.6. The second-order valence-corrected chi connectivity index (χ2v) is 7.53. The highest BCUT2D eigenvalue weighted by Crippen LogP contribution is 2.51. The third kappa shape index (κ3) is 4.38. The second kappa shape index (κ2) is 8.45. The van der Waals surface area contributed by atoms with Crippen LogP contribution in [0.5, 0.6) is 0 Å². The molecule has 24 heavy (non-hydrogen) atoms. The van der Waals surface area contributed by atoms with Gasteiger partial charge in [-0.25, -0.2) is 0 Å². The highest BCUT2D eigenvalue weighted by atomic mass is 16.7. The van der Waals surface area contributed by atoms with Gasteiger partial charge in [-0.3, -0.25) is 4.79 Å². The summed E-state index contributed by atoms with van der Waals surface area (Å²) in [6, 6.07) is 0. The van der Waals surface area contributed by atoms with E-state index in [0.29, 0.717) is 18.3 Å². The van der Waals surface area contributed by atoms with Crippen molar-refractivity contribution in [3.8, 4) is 0 Å². The fourth-order valence-corrected chi connectivity index (χ4v) is 4.70. The first-order chi connectivity index (χ1) is 11.7. The lowest BCUT2D eigenvalue weighted by Gasteiger charge is -2.29. The number of aliphatic hydroxyl groups is 1. The van der Waals surface area contributed by atoms with E-state index in [2.05, 4.69) is 6.08 Å². The summed E-state index contributed by atoms with van der Waals surface area (Å²) in [6.45, 7) is 0.974. The van der Waals surface area contributed by atoms with Gasteiger partial charge < -0.3 is 19.7 Å². The van der Waals surface area contributed by atoms with Crippen molar-refractivity contribution in [2.75, 3.05) is 13.2 Å². The molecule has 5 heteroatoms. The molecule has 136 valence electrons. The largest absolute Gasteiger partial charge is 0.481 e. The van der Waals surface area contributed by atoms with Gasteiger partial charge in [0.25, 0.3) is 0 Å². The highest BCUT2D eigenvalue weighted by Gasteiger charge is 2.47. The summed E-state index contributed by atoms with van der Waals surface area (Å²) in [7, 11) is 0. The van der Waals surface area contributed by atoms with Crippen LogP contribution in [0.15, 0.2) is 11.6 Å². The number of aliphatic hydroxyl groups excluding tert-OH is 1. The van der Waals surface area contributed by atoms with Gasteiger partial charge in [0.15, 0.2) is 6.29 Å². The summed E-state index contributed by atoms with van der Waals surface area (Å²) in [5, 5.41) is 18.6. The number of carbonyl (C=O) groups is 1. The van der Waals surface area contributed by atoms with Crippen LogP contribution >= 0.6 is 0 Å². The zero-order chi connectivity index (χ0) is 16.9. The van der Waals surface area contributed by atoms with Gasteiger partial charge in [0, 0.05) is 25.6 Å². The zero-order valence-electron chi connectivity index (χ0n) is 14.4. The van der Waals surface area contributed by atoms with Gasteiger partial charge in [-0.05, 0) is 63.2 Å². The summed E-state index contributed by atoms with van der Waals surface area (Å²) < 4.78 is 11.9. The number of unbranched alkanes of at least 4 members (excludes halogenated alkanes) is 1. The van der Waals surface area contributed by atoms with Crippen LogP contribution in [0.25, 0.3) is 0 Å². The molecule has 3 rings (SSSR count). The number of aliphatic carboxylic acids is 1. The molecule has 0 aromatic carbocycles. The normalized spacial score (nSPS) is 37.7. The van der Waals surface area contributed by atoms with Crippen LogP contribution in [0.4, 0.5) is 0 Å². The van der Waals surface area contributed by atoms with Crippen LogP contribution in [-0.4, -0.2) is 41.8 Å². The minimum absolute atomic E-state index is 0.0809. The van der Waals surface area contributed by atoms with Gasteiger partial charge in [0.1, 0.15) is 0 Å². The Kier molecular flexibility index (Phi) is 6.31. The Hall–Kier alpha value is -0.910. The highest BCUT2D eigenvalue weighted by molar-refractivity contribution is 5.66. The van der Waals surface area contributed by atoms with E-state index in [9.17, 15) is 9.90 Å². The van der Waals surface area contributed by atoms with Gasteiger partial charge in [0.05, 0.1) is 6.10 Å². The van der Waals surface area contributed by atoms with Gasteiger partial charge in [-0.2, -0.15) is 0 Å². The molecule has 5 nitrogen and oxygen atoms in total. The maximum Gasteiger partial charge on any atom is 0.303 e.